The number of carbonyl (C=O) groups is 1. The monoisotopic (exact) mass is 218 g/mol. The Hall–Kier alpha value is -0.680. The van der Waals surface area contributed by atoms with Crippen molar-refractivity contribution in [2.24, 2.45) is 5.73 Å². The van der Waals surface area contributed by atoms with Crippen molar-refractivity contribution in [3.05, 3.63) is 0 Å². The van der Waals surface area contributed by atoms with Crippen LogP contribution in [0.25, 0.3) is 0 Å². The summed E-state index contributed by atoms with van der Waals surface area (Å²) in [6.07, 6.45) is 1.20. The molecule has 0 rings (SSSR count). The molecule has 0 spiro atoms. The van der Waals surface area contributed by atoms with Crippen molar-refractivity contribution in [2.45, 2.75) is 25.8 Å². The number of methoxy groups -OCH3 is 1. The molecule has 0 aliphatic rings. The van der Waals surface area contributed by atoms with E-state index < -0.39 is 0 Å². The highest BCUT2D eigenvalue weighted by Crippen LogP contribution is 2.01. The Bertz CT molecular complexity index is 209. The lowest BCUT2D eigenvalue weighted by Crippen LogP contribution is -2.42. The van der Waals surface area contributed by atoms with Crippen LogP contribution in [-0.4, -0.2) is 42.6 Å². The van der Waals surface area contributed by atoms with Gasteiger partial charge in [-0.25, -0.2) is 0 Å². The summed E-state index contributed by atoms with van der Waals surface area (Å²) in [6.45, 7) is 2.41. The zero-order valence-corrected chi connectivity index (χ0v) is 9.76. The molecule has 0 bridgehead atoms. The Morgan fingerprint density at radius 2 is 2.21 bits per heavy atom. The highest BCUT2D eigenvalue weighted by atomic mass is 32.1. The first-order valence-corrected chi connectivity index (χ1v) is 4.95. The minimum Gasteiger partial charge on any atom is -0.392 e. The van der Waals surface area contributed by atoms with Gasteiger partial charge in [-0.15, -0.1) is 0 Å². The fraction of sp³-hybridized carbons (Fsp3) is 0.778. The number of likely N-dealkylation sites (N-methyl/N-ethyl adjacent to an activating group) is 1. The zero-order valence-electron chi connectivity index (χ0n) is 8.95. The first-order chi connectivity index (χ1) is 6.50. The summed E-state index contributed by atoms with van der Waals surface area (Å²) in [4.78, 5) is 13.4. The van der Waals surface area contributed by atoms with E-state index >= 15 is 0 Å². The predicted molar refractivity (Wildman–Crippen MR) is 60.1 cm³/mol. The normalized spacial score (nSPS) is 12.2. The molecule has 0 saturated carbocycles. The van der Waals surface area contributed by atoms with Gasteiger partial charge >= 0.3 is 0 Å². The number of hydrogen-bond acceptors (Lipinski definition) is 3. The predicted octanol–water partition coefficient (Wildman–Crippen LogP) is 0.546. The fourth-order valence-corrected chi connectivity index (χ4v) is 1.11. The molecule has 82 valence electrons. The second-order valence-electron chi connectivity index (χ2n) is 3.18. The van der Waals surface area contributed by atoms with Gasteiger partial charge in [-0.05, 0) is 13.3 Å². The summed E-state index contributed by atoms with van der Waals surface area (Å²) in [5.74, 6) is 0.0438. The average Bonchev–Trinajstić information content (AvgIpc) is 2.15. The summed E-state index contributed by atoms with van der Waals surface area (Å²) in [7, 11) is 3.32. The van der Waals surface area contributed by atoms with Gasteiger partial charge in [0.1, 0.15) is 0 Å². The third-order valence-corrected chi connectivity index (χ3v) is 2.47. The van der Waals surface area contributed by atoms with Crippen molar-refractivity contribution in [2.75, 3.05) is 20.8 Å². The molecule has 0 aromatic rings. The Morgan fingerprint density at radius 1 is 1.64 bits per heavy atom. The van der Waals surface area contributed by atoms with Gasteiger partial charge in [0.2, 0.25) is 5.91 Å². The van der Waals surface area contributed by atoms with Crippen molar-refractivity contribution in [3.8, 4) is 0 Å². The van der Waals surface area contributed by atoms with E-state index in [1.54, 1.807) is 19.1 Å². The molecule has 5 heteroatoms. The lowest BCUT2D eigenvalue weighted by atomic mass is 10.2. The van der Waals surface area contributed by atoms with Gasteiger partial charge in [0.05, 0.1) is 11.0 Å². The quantitative estimate of drug-likeness (QED) is 0.522. The molecule has 1 unspecified atom stereocenters. The minimum atomic E-state index is -0.181. The van der Waals surface area contributed by atoms with Crippen LogP contribution in [-0.2, 0) is 9.53 Å². The van der Waals surface area contributed by atoms with Gasteiger partial charge < -0.3 is 15.4 Å². The maximum Gasteiger partial charge on any atom is 0.222 e. The molecule has 0 heterocycles. The molecule has 4 nitrogen and oxygen atoms in total. The van der Waals surface area contributed by atoms with E-state index in [0.29, 0.717) is 18.0 Å². The van der Waals surface area contributed by atoms with Crippen LogP contribution in [0.15, 0.2) is 0 Å². The molecule has 0 fully saturated rings. The van der Waals surface area contributed by atoms with Gasteiger partial charge in [0, 0.05) is 27.2 Å². The average molecular weight is 218 g/mol. The van der Waals surface area contributed by atoms with Crippen molar-refractivity contribution >= 4 is 23.1 Å². The molecule has 1 atom stereocenters. The standard InChI is InChI=1S/C9H18N2O2S/c1-7(9(10)14)11(2)8(12)5-4-6-13-3/h7H,4-6H2,1-3H3,(H2,10,14). The van der Waals surface area contributed by atoms with E-state index in [4.69, 9.17) is 22.7 Å². The minimum absolute atomic E-state index is 0.0438. The third-order valence-electron chi connectivity index (χ3n) is 2.13. The van der Waals surface area contributed by atoms with Crippen molar-refractivity contribution in [1.82, 2.24) is 4.90 Å². The second kappa shape index (κ2) is 6.73. The van der Waals surface area contributed by atoms with Crippen LogP contribution in [0.5, 0.6) is 0 Å². The van der Waals surface area contributed by atoms with Crippen molar-refractivity contribution in [3.63, 3.8) is 0 Å². The number of thiocarbonyl (C=S) groups is 1. The largest absolute Gasteiger partial charge is 0.392 e. The lowest BCUT2D eigenvalue weighted by molar-refractivity contribution is -0.130. The summed E-state index contributed by atoms with van der Waals surface area (Å²) in [5, 5.41) is 0. The Kier molecular flexibility index (Phi) is 6.40. The highest BCUT2D eigenvalue weighted by Gasteiger charge is 2.16. The van der Waals surface area contributed by atoms with Crippen molar-refractivity contribution in [1.29, 1.82) is 0 Å². The van der Waals surface area contributed by atoms with Gasteiger partial charge in [-0.1, -0.05) is 12.2 Å². The molecular weight excluding hydrogens is 200 g/mol. The molecule has 1 amide bonds. The zero-order chi connectivity index (χ0) is 11.1. The SMILES string of the molecule is COCCCC(=O)N(C)C(C)C(N)=S. The summed E-state index contributed by atoms with van der Waals surface area (Å²) in [6, 6.07) is -0.181. The molecule has 0 radical (unpaired) electrons. The van der Waals surface area contributed by atoms with E-state index in [9.17, 15) is 4.79 Å². The Labute approximate surface area is 90.4 Å². The number of amides is 1. The molecule has 2 N–H and O–H groups in total. The molecular formula is C9H18N2O2S. The highest BCUT2D eigenvalue weighted by molar-refractivity contribution is 7.80. The first-order valence-electron chi connectivity index (χ1n) is 4.54. The van der Waals surface area contributed by atoms with E-state index in [1.165, 1.54) is 0 Å². The summed E-state index contributed by atoms with van der Waals surface area (Å²) in [5.41, 5.74) is 5.44. The van der Waals surface area contributed by atoms with Crippen LogP contribution in [0, 0.1) is 0 Å². The fourth-order valence-electron chi connectivity index (χ4n) is 0.951. The van der Waals surface area contributed by atoms with Crippen LogP contribution in [0.3, 0.4) is 0 Å². The third kappa shape index (κ3) is 4.53. The molecule has 14 heavy (non-hydrogen) atoms. The summed E-state index contributed by atoms with van der Waals surface area (Å²) < 4.78 is 4.86. The van der Waals surface area contributed by atoms with Crippen LogP contribution in [0.2, 0.25) is 0 Å². The Balaban J connectivity index is 3.92. The molecule has 0 aliphatic heterocycles. The number of nitrogens with zero attached hydrogens (tertiary/aromatic N) is 1. The number of rotatable bonds is 6. The van der Waals surface area contributed by atoms with Gasteiger partial charge in [0.15, 0.2) is 0 Å². The van der Waals surface area contributed by atoms with E-state index in [1.807, 2.05) is 6.92 Å². The van der Waals surface area contributed by atoms with E-state index in [-0.39, 0.29) is 11.9 Å². The van der Waals surface area contributed by atoms with Crippen LogP contribution < -0.4 is 5.73 Å². The van der Waals surface area contributed by atoms with Gasteiger partial charge in [-0.2, -0.15) is 0 Å². The number of nitrogens with two attached hydrogens (primary N) is 1. The molecule has 0 saturated heterocycles. The number of hydrogen-bond donors (Lipinski definition) is 1. The van der Waals surface area contributed by atoms with Crippen molar-refractivity contribution < 1.29 is 9.53 Å². The van der Waals surface area contributed by atoms with Crippen LogP contribution >= 0.6 is 12.2 Å². The molecule has 0 aromatic heterocycles. The summed E-state index contributed by atoms with van der Waals surface area (Å²) >= 11 is 4.81. The smallest absolute Gasteiger partial charge is 0.222 e. The first kappa shape index (κ1) is 13.3. The molecule has 0 aliphatic carbocycles. The number of carbonyl (C=O) groups excluding carboxylic acids is 1. The number of ether oxygens (including phenoxy) is 1. The second-order valence-corrected chi connectivity index (χ2v) is 3.65. The van der Waals surface area contributed by atoms with Crippen LogP contribution in [0.1, 0.15) is 19.8 Å². The lowest BCUT2D eigenvalue weighted by Gasteiger charge is -2.23. The Morgan fingerprint density at radius 3 is 2.64 bits per heavy atom. The molecule has 0 aromatic carbocycles. The van der Waals surface area contributed by atoms with Gasteiger partial charge in [0.25, 0.3) is 0 Å². The van der Waals surface area contributed by atoms with Crippen LogP contribution in [0.4, 0.5) is 0 Å². The topological polar surface area (TPSA) is 55.6 Å². The van der Waals surface area contributed by atoms with E-state index in [2.05, 4.69) is 0 Å². The van der Waals surface area contributed by atoms with E-state index in [0.717, 1.165) is 6.42 Å². The van der Waals surface area contributed by atoms with Gasteiger partial charge in [-0.3, -0.25) is 4.79 Å². The maximum atomic E-state index is 11.5. The maximum absolute atomic E-state index is 11.5.